The first-order valence-electron chi connectivity index (χ1n) is 5.58. The largest absolute Gasteiger partial charge is 0.398 e. The van der Waals surface area contributed by atoms with Crippen LogP contribution in [0.1, 0.15) is 5.56 Å². The normalized spacial score (nSPS) is 10.5. The number of hydrogen-bond acceptors (Lipinski definition) is 4. The minimum absolute atomic E-state index is 0.0744. The molecular formula is C13H10Br2N2O2S. The van der Waals surface area contributed by atoms with Gasteiger partial charge in [-0.2, -0.15) is 0 Å². The van der Waals surface area contributed by atoms with Gasteiger partial charge in [-0.25, -0.2) is 0 Å². The molecule has 0 bridgehead atoms. The number of hydrogen-bond donors (Lipinski definition) is 1. The van der Waals surface area contributed by atoms with Gasteiger partial charge in [0.2, 0.25) is 0 Å². The van der Waals surface area contributed by atoms with E-state index < -0.39 is 4.92 Å². The van der Waals surface area contributed by atoms with Crippen molar-refractivity contribution in [1.29, 1.82) is 0 Å². The van der Waals surface area contributed by atoms with Crippen LogP contribution in [0, 0.1) is 10.1 Å². The number of nitrogens with two attached hydrogens (primary N) is 1. The quantitative estimate of drug-likeness (QED) is 0.329. The van der Waals surface area contributed by atoms with Crippen LogP contribution in [0.3, 0.4) is 0 Å². The van der Waals surface area contributed by atoms with Crippen LogP contribution in [0.25, 0.3) is 0 Å². The molecule has 2 aromatic rings. The summed E-state index contributed by atoms with van der Waals surface area (Å²) in [7, 11) is 0. The molecule has 7 heteroatoms. The highest BCUT2D eigenvalue weighted by atomic mass is 79.9. The molecule has 4 nitrogen and oxygen atoms in total. The zero-order valence-corrected chi connectivity index (χ0v) is 14.2. The van der Waals surface area contributed by atoms with Crippen molar-refractivity contribution < 1.29 is 4.92 Å². The van der Waals surface area contributed by atoms with E-state index in [1.807, 2.05) is 24.3 Å². The maximum absolute atomic E-state index is 10.9. The van der Waals surface area contributed by atoms with Crippen molar-refractivity contribution in [3.63, 3.8) is 0 Å². The molecule has 0 aliphatic rings. The second kappa shape index (κ2) is 6.60. The zero-order chi connectivity index (χ0) is 14.7. The minimum atomic E-state index is -0.397. The fraction of sp³-hybridized carbons (Fsp3) is 0.0769. The molecule has 2 rings (SSSR count). The molecule has 0 aliphatic carbocycles. The maximum atomic E-state index is 10.9. The van der Waals surface area contributed by atoms with Gasteiger partial charge in [0.25, 0.3) is 5.69 Å². The molecule has 2 aromatic carbocycles. The molecule has 20 heavy (non-hydrogen) atoms. The number of benzene rings is 2. The predicted molar refractivity (Wildman–Crippen MR) is 88.9 cm³/mol. The van der Waals surface area contributed by atoms with Gasteiger partial charge < -0.3 is 5.73 Å². The van der Waals surface area contributed by atoms with Crippen LogP contribution in [-0.4, -0.2) is 4.92 Å². The van der Waals surface area contributed by atoms with Crippen LogP contribution in [0.15, 0.2) is 50.2 Å². The van der Waals surface area contributed by atoms with Crippen LogP contribution in [0.2, 0.25) is 0 Å². The van der Waals surface area contributed by atoms with Crippen molar-refractivity contribution in [2.45, 2.75) is 10.6 Å². The van der Waals surface area contributed by atoms with Crippen molar-refractivity contribution in [3.8, 4) is 0 Å². The first-order chi connectivity index (χ1) is 9.49. The van der Waals surface area contributed by atoms with Gasteiger partial charge in [-0.3, -0.25) is 10.1 Å². The topological polar surface area (TPSA) is 69.2 Å². The summed E-state index contributed by atoms with van der Waals surface area (Å²) in [5.74, 6) is 0.600. The molecule has 0 spiro atoms. The highest BCUT2D eigenvalue weighted by molar-refractivity contribution is 9.11. The monoisotopic (exact) mass is 416 g/mol. The van der Waals surface area contributed by atoms with Gasteiger partial charge in [-0.1, -0.05) is 28.1 Å². The molecule has 104 valence electrons. The molecule has 0 unspecified atom stereocenters. The molecule has 0 amide bonds. The van der Waals surface area contributed by atoms with E-state index >= 15 is 0 Å². The number of rotatable bonds is 4. The van der Waals surface area contributed by atoms with Crippen molar-refractivity contribution in [2.24, 2.45) is 0 Å². The first-order valence-corrected chi connectivity index (χ1v) is 8.16. The summed E-state index contributed by atoms with van der Waals surface area (Å²) >= 11 is 8.23. The lowest BCUT2D eigenvalue weighted by Crippen LogP contribution is -1.93. The van der Waals surface area contributed by atoms with Gasteiger partial charge >= 0.3 is 0 Å². The summed E-state index contributed by atoms with van der Waals surface area (Å²) < 4.78 is 1.47. The van der Waals surface area contributed by atoms with Crippen molar-refractivity contribution >= 4 is 55.0 Å². The van der Waals surface area contributed by atoms with Crippen molar-refractivity contribution in [1.82, 2.24) is 0 Å². The molecule has 0 saturated carbocycles. The van der Waals surface area contributed by atoms with Crippen LogP contribution < -0.4 is 5.73 Å². The Hall–Kier alpha value is -1.05. The van der Waals surface area contributed by atoms with E-state index in [1.54, 1.807) is 17.8 Å². The summed E-state index contributed by atoms with van der Waals surface area (Å²) in [6.45, 7) is 0. The third-order valence-electron chi connectivity index (χ3n) is 2.61. The lowest BCUT2D eigenvalue weighted by Gasteiger charge is -2.07. The van der Waals surface area contributed by atoms with Gasteiger partial charge in [0, 0.05) is 26.9 Å². The zero-order valence-electron chi connectivity index (χ0n) is 10.2. The summed E-state index contributed by atoms with van der Waals surface area (Å²) in [5.41, 5.74) is 7.54. The molecule has 0 saturated heterocycles. The molecule has 0 atom stereocenters. The lowest BCUT2D eigenvalue weighted by molar-refractivity contribution is -0.385. The number of nitrogens with zero attached hydrogens (tertiary/aromatic N) is 1. The summed E-state index contributed by atoms with van der Waals surface area (Å²) in [4.78, 5) is 11.4. The van der Waals surface area contributed by atoms with E-state index in [1.165, 1.54) is 6.07 Å². The molecular weight excluding hydrogens is 408 g/mol. The first kappa shape index (κ1) is 15.3. The van der Waals surface area contributed by atoms with Gasteiger partial charge in [0.15, 0.2) is 0 Å². The Morgan fingerprint density at radius 1 is 1.25 bits per heavy atom. The van der Waals surface area contributed by atoms with Crippen LogP contribution in [0.4, 0.5) is 11.4 Å². The number of nitro groups is 1. The van der Waals surface area contributed by atoms with E-state index in [4.69, 9.17) is 5.73 Å². The summed E-state index contributed by atoms with van der Waals surface area (Å²) in [6, 6.07) is 10.7. The fourth-order valence-corrected chi connectivity index (χ4v) is 3.85. The number of nitrogen functional groups attached to an aromatic ring is 1. The molecule has 2 N–H and O–H groups in total. The Kier molecular flexibility index (Phi) is 5.06. The van der Waals surface area contributed by atoms with E-state index in [-0.39, 0.29) is 5.69 Å². The Bertz CT molecular complexity index is 665. The maximum Gasteiger partial charge on any atom is 0.283 e. The Morgan fingerprint density at radius 3 is 2.70 bits per heavy atom. The third-order valence-corrected chi connectivity index (χ3v) is 5.14. The third kappa shape index (κ3) is 3.53. The smallest absolute Gasteiger partial charge is 0.283 e. The van der Waals surface area contributed by atoms with Crippen LogP contribution >= 0.6 is 43.6 Å². The Morgan fingerprint density at radius 2 is 2.00 bits per heavy atom. The molecule has 0 fully saturated rings. The highest BCUT2D eigenvalue weighted by Gasteiger charge is 2.15. The number of nitro benzene ring substituents is 1. The van der Waals surface area contributed by atoms with Gasteiger partial charge in [-0.15, -0.1) is 11.8 Å². The minimum Gasteiger partial charge on any atom is -0.398 e. The average Bonchev–Trinajstić information content (AvgIpc) is 2.41. The lowest BCUT2D eigenvalue weighted by atomic mass is 10.2. The molecule has 0 heterocycles. The van der Waals surface area contributed by atoms with Crippen molar-refractivity contribution in [2.75, 3.05) is 5.73 Å². The van der Waals surface area contributed by atoms with Crippen LogP contribution in [0.5, 0.6) is 0 Å². The molecule has 0 aromatic heterocycles. The fourth-order valence-electron chi connectivity index (χ4n) is 1.61. The van der Waals surface area contributed by atoms with Gasteiger partial charge in [0.05, 0.1) is 9.40 Å². The summed E-state index contributed by atoms with van der Waals surface area (Å²) in [5, 5.41) is 10.9. The number of thioether (sulfide) groups is 1. The molecule has 0 aliphatic heterocycles. The van der Waals surface area contributed by atoms with E-state index in [0.29, 0.717) is 15.9 Å². The van der Waals surface area contributed by atoms with Crippen LogP contribution in [-0.2, 0) is 5.75 Å². The summed E-state index contributed by atoms with van der Waals surface area (Å²) in [6.07, 6.45) is 0. The Balaban J connectivity index is 2.21. The van der Waals surface area contributed by atoms with E-state index in [0.717, 1.165) is 14.9 Å². The highest BCUT2D eigenvalue weighted by Crippen LogP contribution is 2.35. The Labute approximate surface area is 137 Å². The predicted octanol–water partition coefficient (Wildman–Crippen LogP) is 4.99. The van der Waals surface area contributed by atoms with Gasteiger partial charge in [-0.05, 0) is 39.7 Å². The SMILES string of the molecule is Nc1ccc(Br)cc1SCc1cccc([N+](=O)[O-])c1Br. The van der Waals surface area contributed by atoms with Crippen molar-refractivity contribution in [3.05, 3.63) is 61.0 Å². The number of halogens is 2. The standard InChI is InChI=1S/C13H10Br2N2O2S/c14-9-4-5-10(16)12(6-9)20-7-8-2-1-3-11(13(8)15)17(18)19/h1-6H,7,16H2. The second-order valence-electron chi connectivity index (χ2n) is 3.98. The average molecular weight is 418 g/mol. The van der Waals surface area contributed by atoms with Gasteiger partial charge in [0.1, 0.15) is 0 Å². The number of anilines is 1. The molecule has 0 radical (unpaired) electrons. The van der Waals surface area contributed by atoms with E-state index in [2.05, 4.69) is 31.9 Å². The second-order valence-corrected chi connectivity index (χ2v) is 6.70. The van der Waals surface area contributed by atoms with E-state index in [9.17, 15) is 10.1 Å².